The van der Waals surface area contributed by atoms with Crippen molar-refractivity contribution in [3.05, 3.63) is 75.8 Å². The molecule has 2 aromatic carbocycles. The molecule has 0 heterocycles. The van der Waals surface area contributed by atoms with Crippen molar-refractivity contribution in [1.29, 1.82) is 0 Å². The molecule has 0 radical (unpaired) electrons. The Hall–Kier alpha value is -3.75. The van der Waals surface area contributed by atoms with E-state index in [9.17, 15) is 24.5 Å². The van der Waals surface area contributed by atoms with Gasteiger partial charge in [0.15, 0.2) is 0 Å². The van der Waals surface area contributed by atoms with Crippen LogP contribution in [0.1, 0.15) is 29.9 Å². The topological polar surface area (TPSA) is 125 Å². The first-order chi connectivity index (χ1) is 14.8. The second kappa shape index (κ2) is 11.4. The van der Waals surface area contributed by atoms with Crippen LogP contribution in [0, 0.1) is 10.1 Å². The Morgan fingerprint density at radius 1 is 1.00 bits per heavy atom. The summed E-state index contributed by atoms with van der Waals surface area (Å²) in [5.41, 5.74) is 1.28. The molecular formula is C22H24N2O7. The number of non-ortho nitro benzene ring substituents is 1. The van der Waals surface area contributed by atoms with E-state index in [0.29, 0.717) is 12.0 Å². The number of nitrogens with zero attached hydrogens (tertiary/aromatic N) is 1. The van der Waals surface area contributed by atoms with Gasteiger partial charge in [-0.05, 0) is 17.5 Å². The molecule has 0 aromatic heterocycles. The van der Waals surface area contributed by atoms with Crippen LogP contribution in [0.4, 0.5) is 5.69 Å². The second-order valence-electron chi connectivity index (χ2n) is 6.79. The van der Waals surface area contributed by atoms with Crippen LogP contribution in [0.5, 0.6) is 0 Å². The zero-order valence-electron chi connectivity index (χ0n) is 17.3. The lowest BCUT2D eigenvalue weighted by atomic mass is 9.88. The number of aryl methyl sites for hydroxylation is 1. The first-order valence-electron chi connectivity index (χ1n) is 9.58. The molecule has 2 atom stereocenters. The minimum atomic E-state index is -1.17. The third-order valence-electron chi connectivity index (χ3n) is 4.80. The van der Waals surface area contributed by atoms with Crippen LogP contribution in [-0.4, -0.2) is 43.0 Å². The van der Waals surface area contributed by atoms with Gasteiger partial charge in [0.2, 0.25) is 5.91 Å². The van der Waals surface area contributed by atoms with E-state index in [1.165, 1.54) is 38.5 Å². The zero-order chi connectivity index (χ0) is 22.8. The van der Waals surface area contributed by atoms with Crippen molar-refractivity contribution in [3.8, 4) is 0 Å². The average molecular weight is 428 g/mol. The highest BCUT2D eigenvalue weighted by atomic mass is 16.6. The third kappa shape index (κ3) is 6.91. The summed E-state index contributed by atoms with van der Waals surface area (Å²) < 4.78 is 9.57. The Labute approximate surface area is 179 Å². The molecule has 0 fully saturated rings. The monoisotopic (exact) mass is 428 g/mol. The smallest absolute Gasteiger partial charge is 0.329 e. The van der Waals surface area contributed by atoms with Crippen molar-refractivity contribution >= 4 is 23.5 Å². The van der Waals surface area contributed by atoms with Gasteiger partial charge in [0.1, 0.15) is 6.04 Å². The molecule has 0 aliphatic rings. The molecule has 0 saturated heterocycles. The molecule has 0 spiro atoms. The number of hydrogen-bond acceptors (Lipinski definition) is 7. The number of rotatable bonds is 10. The van der Waals surface area contributed by atoms with Gasteiger partial charge >= 0.3 is 11.9 Å². The molecule has 0 aliphatic heterocycles. The Morgan fingerprint density at radius 3 is 2.19 bits per heavy atom. The first kappa shape index (κ1) is 23.5. The molecule has 0 saturated carbocycles. The van der Waals surface area contributed by atoms with Crippen molar-refractivity contribution in [2.45, 2.75) is 31.2 Å². The van der Waals surface area contributed by atoms with Crippen molar-refractivity contribution in [2.24, 2.45) is 0 Å². The lowest BCUT2D eigenvalue weighted by Crippen LogP contribution is -2.46. The van der Waals surface area contributed by atoms with Gasteiger partial charge in [-0.15, -0.1) is 0 Å². The SMILES string of the molecule is COC(=O)C[C@H](c1ccc([N+](=O)[O-])cc1)[C@H](NC(=O)CCc1ccccc1)C(=O)OC. The van der Waals surface area contributed by atoms with Gasteiger partial charge in [0.25, 0.3) is 5.69 Å². The quantitative estimate of drug-likeness (QED) is 0.350. The van der Waals surface area contributed by atoms with Crippen LogP contribution in [0.3, 0.4) is 0 Å². The maximum Gasteiger partial charge on any atom is 0.329 e. The molecule has 9 nitrogen and oxygen atoms in total. The van der Waals surface area contributed by atoms with Gasteiger partial charge in [-0.3, -0.25) is 19.7 Å². The van der Waals surface area contributed by atoms with E-state index in [1.54, 1.807) is 0 Å². The van der Waals surface area contributed by atoms with E-state index in [4.69, 9.17) is 9.47 Å². The molecule has 2 rings (SSSR count). The van der Waals surface area contributed by atoms with Crippen molar-refractivity contribution < 1.29 is 28.8 Å². The number of ether oxygens (including phenoxy) is 2. The number of nitro benzene ring substituents is 1. The number of carbonyl (C=O) groups excluding carboxylic acids is 3. The van der Waals surface area contributed by atoms with Crippen molar-refractivity contribution in [2.75, 3.05) is 14.2 Å². The first-order valence-corrected chi connectivity index (χ1v) is 9.58. The van der Waals surface area contributed by atoms with Gasteiger partial charge in [0, 0.05) is 24.5 Å². The summed E-state index contributed by atoms with van der Waals surface area (Å²) >= 11 is 0. The number of hydrogen-bond donors (Lipinski definition) is 1. The molecule has 9 heteroatoms. The molecule has 2 aromatic rings. The summed E-state index contributed by atoms with van der Waals surface area (Å²) in [6.07, 6.45) is 0.371. The highest BCUT2D eigenvalue weighted by molar-refractivity contribution is 5.86. The molecular weight excluding hydrogens is 404 g/mol. The van der Waals surface area contributed by atoms with Gasteiger partial charge in [0.05, 0.1) is 25.6 Å². The van der Waals surface area contributed by atoms with E-state index in [1.807, 2.05) is 30.3 Å². The van der Waals surface area contributed by atoms with Gasteiger partial charge < -0.3 is 14.8 Å². The molecule has 0 bridgehead atoms. The summed E-state index contributed by atoms with van der Waals surface area (Å²) in [6, 6.07) is 13.6. The fraction of sp³-hybridized carbons (Fsp3) is 0.318. The minimum Gasteiger partial charge on any atom is -0.469 e. The van der Waals surface area contributed by atoms with Crippen LogP contribution in [0.25, 0.3) is 0 Å². The molecule has 31 heavy (non-hydrogen) atoms. The normalized spacial score (nSPS) is 12.3. The van der Waals surface area contributed by atoms with Gasteiger partial charge in [-0.1, -0.05) is 42.5 Å². The van der Waals surface area contributed by atoms with Crippen molar-refractivity contribution in [1.82, 2.24) is 5.32 Å². The maximum absolute atomic E-state index is 12.6. The van der Waals surface area contributed by atoms with E-state index >= 15 is 0 Å². The number of esters is 2. The van der Waals surface area contributed by atoms with Crippen LogP contribution in [0.15, 0.2) is 54.6 Å². The minimum absolute atomic E-state index is 0.128. The summed E-state index contributed by atoms with van der Waals surface area (Å²) in [6.45, 7) is 0. The Bertz CT molecular complexity index is 913. The summed E-state index contributed by atoms with van der Waals surface area (Å²) in [5.74, 6) is -2.56. The van der Waals surface area contributed by atoms with Crippen LogP contribution in [-0.2, 0) is 30.3 Å². The highest BCUT2D eigenvalue weighted by Gasteiger charge is 2.34. The van der Waals surface area contributed by atoms with Crippen molar-refractivity contribution in [3.63, 3.8) is 0 Å². The predicted molar refractivity (Wildman–Crippen MR) is 111 cm³/mol. The average Bonchev–Trinajstić information content (AvgIpc) is 2.80. The van der Waals surface area contributed by atoms with E-state index in [2.05, 4.69) is 5.32 Å². The number of nitro groups is 1. The number of methoxy groups -OCH3 is 2. The highest BCUT2D eigenvalue weighted by Crippen LogP contribution is 2.27. The fourth-order valence-electron chi connectivity index (χ4n) is 3.13. The van der Waals surface area contributed by atoms with E-state index < -0.39 is 34.7 Å². The fourth-order valence-corrected chi connectivity index (χ4v) is 3.13. The predicted octanol–water partition coefficient (Wildman–Crippen LogP) is 2.53. The largest absolute Gasteiger partial charge is 0.469 e. The Kier molecular flexibility index (Phi) is 8.68. The lowest BCUT2D eigenvalue weighted by molar-refractivity contribution is -0.384. The standard InChI is InChI=1S/C22H24N2O7/c1-30-20(26)14-18(16-9-11-17(12-10-16)24(28)29)21(22(27)31-2)23-19(25)13-8-15-6-4-3-5-7-15/h3-7,9-12,18,21H,8,13-14H2,1-2H3,(H,23,25)/t18-,21+/m1/s1. The zero-order valence-corrected chi connectivity index (χ0v) is 17.3. The number of amides is 1. The Morgan fingerprint density at radius 2 is 1.65 bits per heavy atom. The maximum atomic E-state index is 12.6. The summed E-state index contributed by atoms with van der Waals surface area (Å²) in [5, 5.41) is 13.6. The molecule has 1 N–H and O–H groups in total. The van der Waals surface area contributed by atoms with Crippen LogP contribution in [0.2, 0.25) is 0 Å². The lowest BCUT2D eigenvalue weighted by Gasteiger charge is -2.26. The van der Waals surface area contributed by atoms with E-state index in [0.717, 1.165) is 5.56 Å². The molecule has 0 unspecified atom stereocenters. The van der Waals surface area contributed by atoms with Gasteiger partial charge in [-0.2, -0.15) is 0 Å². The molecule has 0 aliphatic carbocycles. The Balaban J connectivity index is 2.25. The van der Waals surface area contributed by atoms with Crippen LogP contribution >= 0.6 is 0 Å². The summed E-state index contributed by atoms with van der Waals surface area (Å²) in [4.78, 5) is 47.4. The number of nitrogens with one attached hydrogen (secondary N) is 1. The second-order valence-corrected chi connectivity index (χ2v) is 6.79. The van der Waals surface area contributed by atoms with Gasteiger partial charge in [-0.25, -0.2) is 4.79 Å². The molecule has 1 amide bonds. The third-order valence-corrected chi connectivity index (χ3v) is 4.80. The van der Waals surface area contributed by atoms with Crippen LogP contribution < -0.4 is 5.32 Å². The number of carbonyl (C=O) groups is 3. The number of benzene rings is 2. The van der Waals surface area contributed by atoms with E-state index in [-0.39, 0.29) is 18.5 Å². The summed E-state index contributed by atoms with van der Waals surface area (Å²) in [7, 11) is 2.39. The molecule has 164 valence electrons.